The van der Waals surface area contributed by atoms with E-state index in [1.54, 1.807) is 13.0 Å². The number of hydrogen-bond acceptors (Lipinski definition) is 4. The van der Waals surface area contributed by atoms with Gasteiger partial charge in [0.25, 0.3) is 5.91 Å². The highest BCUT2D eigenvalue weighted by molar-refractivity contribution is 5.92. The Hall–Kier alpha value is -1.36. The van der Waals surface area contributed by atoms with Crippen LogP contribution < -0.4 is 5.32 Å². The van der Waals surface area contributed by atoms with Crippen molar-refractivity contribution in [1.29, 1.82) is 0 Å². The highest BCUT2D eigenvalue weighted by Crippen LogP contribution is 2.10. The lowest BCUT2D eigenvalue weighted by Crippen LogP contribution is -2.31. The molecular weight excluding hydrogens is 196 g/mol. The molecule has 1 amide bonds. The van der Waals surface area contributed by atoms with E-state index in [1.807, 2.05) is 0 Å². The van der Waals surface area contributed by atoms with Gasteiger partial charge in [0.15, 0.2) is 5.69 Å². The van der Waals surface area contributed by atoms with Crippen LogP contribution >= 0.6 is 0 Å². The van der Waals surface area contributed by atoms with Gasteiger partial charge in [-0.25, -0.2) is 0 Å². The monoisotopic (exact) mass is 210 g/mol. The molecule has 2 rings (SSSR count). The Morgan fingerprint density at radius 2 is 2.60 bits per heavy atom. The summed E-state index contributed by atoms with van der Waals surface area (Å²) >= 11 is 0. The highest BCUT2D eigenvalue weighted by Gasteiger charge is 2.17. The van der Waals surface area contributed by atoms with E-state index in [4.69, 9.17) is 9.26 Å². The van der Waals surface area contributed by atoms with Gasteiger partial charge >= 0.3 is 0 Å². The topological polar surface area (TPSA) is 64.4 Å². The molecule has 5 heteroatoms. The predicted octanol–water partition coefficient (Wildman–Crippen LogP) is 0.892. The number of carbonyl (C=O) groups excluding carboxylic acids is 1. The minimum Gasteiger partial charge on any atom is -0.376 e. The molecule has 0 saturated carbocycles. The van der Waals surface area contributed by atoms with E-state index in [2.05, 4.69) is 10.5 Å². The van der Waals surface area contributed by atoms with E-state index in [0.29, 0.717) is 18.0 Å². The first-order valence-corrected chi connectivity index (χ1v) is 5.09. The third-order valence-electron chi connectivity index (χ3n) is 2.37. The summed E-state index contributed by atoms with van der Waals surface area (Å²) in [5.74, 6) is 0.430. The number of ether oxygens (including phenoxy) is 1. The summed E-state index contributed by atoms with van der Waals surface area (Å²) in [5, 5.41) is 6.40. The van der Waals surface area contributed by atoms with Crippen LogP contribution in [0.4, 0.5) is 0 Å². The van der Waals surface area contributed by atoms with Crippen LogP contribution in [0.5, 0.6) is 0 Å². The van der Waals surface area contributed by atoms with E-state index in [1.165, 1.54) is 0 Å². The molecule has 15 heavy (non-hydrogen) atoms. The Balaban J connectivity index is 1.81. The van der Waals surface area contributed by atoms with Crippen molar-refractivity contribution in [2.75, 3.05) is 13.2 Å². The smallest absolute Gasteiger partial charge is 0.273 e. The summed E-state index contributed by atoms with van der Waals surface area (Å²) in [6.45, 7) is 3.10. The molecule has 5 nitrogen and oxygen atoms in total. The van der Waals surface area contributed by atoms with Crippen LogP contribution in [0.1, 0.15) is 29.1 Å². The fourth-order valence-corrected chi connectivity index (χ4v) is 1.58. The lowest BCUT2D eigenvalue weighted by atomic mass is 10.2. The number of nitrogens with zero attached hydrogens (tertiary/aromatic N) is 1. The quantitative estimate of drug-likeness (QED) is 0.804. The number of aromatic nitrogens is 1. The molecule has 0 unspecified atom stereocenters. The zero-order valence-corrected chi connectivity index (χ0v) is 8.66. The maximum atomic E-state index is 11.5. The number of hydrogen-bond donors (Lipinski definition) is 1. The van der Waals surface area contributed by atoms with Gasteiger partial charge in [-0.2, -0.15) is 0 Å². The second kappa shape index (κ2) is 4.44. The first-order valence-electron chi connectivity index (χ1n) is 5.09. The standard InChI is InChI=1S/C10H14N2O3/c1-7-5-9(12-15-7)10(13)11-6-8-3-2-4-14-8/h5,8H,2-4,6H2,1H3,(H,11,13)/t8-/m1/s1. The molecule has 1 aromatic heterocycles. The molecule has 0 radical (unpaired) electrons. The molecule has 0 aromatic carbocycles. The summed E-state index contributed by atoms with van der Waals surface area (Å²) in [6.07, 6.45) is 2.24. The van der Waals surface area contributed by atoms with Crippen LogP contribution in [0.25, 0.3) is 0 Å². The molecule has 1 atom stereocenters. The number of amides is 1. The van der Waals surface area contributed by atoms with Crippen molar-refractivity contribution >= 4 is 5.91 Å². The average molecular weight is 210 g/mol. The van der Waals surface area contributed by atoms with Gasteiger partial charge in [0.1, 0.15) is 5.76 Å². The molecule has 0 aliphatic carbocycles. The third kappa shape index (κ3) is 2.56. The summed E-state index contributed by atoms with van der Waals surface area (Å²) in [7, 11) is 0. The van der Waals surface area contributed by atoms with Crippen molar-refractivity contribution in [1.82, 2.24) is 10.5 Å². The van der Waals surface area contributed by atoms with Gasteiger partial charge in [0.2, 0.25) is 0 Å². The summed E-state index contributed by atoms with van der Waals surface area (Å²) < 4.78 is 10.2. The maximum Gasteiger partial charge on any atom is 0.273 e. The van der Waals surface area contributed by atoms with Gasteiger partial charge in [-0.15, -0.1) is 0 Å². The van der Waals surface area contributed by atoms with E-state index in [0.717, 1.165) is 19.4 Å². The normalized spacial score (nSPS) is 20.5. The number of nitrogens with one attached hydrogen (secondary N) is 1. The van der Waals surface area contributed by atoms with E-state index in [9.17, 15) is 4.79 Å². The lowest BCUT2D eigenvalue weighted by Gasteiger charge is -2.09. The van der Waals surface area contributed by atoms with Crippen molar-refractivity contribution in [2.45, 2.75) is 25.9 Å². The van der Waals surface area contributed by atoms with Crippen LogP contribution in [0.15, 0.2) is 10.6 Å². The predicted molar refractivity (Wildman–Crippen MR) is 52.5 cm³/mol. The second-order valence-corrected chi connectivity index (χ2v) is 3.67. The first-order chi connectivity index (χ1) is 7.25. The maximum absolute atomic E-state index is 11.5. The van der Waals surface area contributed by atoms with Crippen molar-refractivity contribution in [2.24, 2.45) is 0 Å². The molecule has 1 aliphatic rings. The van der Waals surface area contributed by atoms with Crippen molar-refractivity contribution < 1.29 is 14.1 Å². The largest absolute Gasteiger partial charge is 0.376 e. The third-order valence-corrected chi connectivity index (χ3v) is 2.37. The van der Waals surface area contributed by atoms with Crippen molar-refractivity contribution in [3.8, 4) is 0 Å². The molecule has 82 valence electrons. The minimum atomic E-state index is -0.206. The van der Waals surface area contributed by atoms with Gasteiger partial charge in [0, 0.05) is 19.2 Å². The van der Waals surface area contributed by atoms with Gasteiger partial charge in [-0.3, -0.25) is 4.79 Å². The molecule has 1 N–H and O–H groups in total. The SMILES string of the molecule is Cc1cc(C(=O)NC[C@H]2CCCO2)no1. The molecule has 1 saturated heterocycles. The molecule has 0 spiro atoms. The Labute approximate surface area is 87.8 Å². The van der Waals surface area contributed by atoms with Crippen molar-refractivity contribution in [3.05, 3.63) is 17.5 Å². The summed E-state index contributed by atoms with van der Waals surface area (Å²) in [4.78, 5) is 11.5. The van der Waals surface area contributed by atoms with Crippen LogP contribution in [-0.4, -0.2) is 30.3 Å². The second-order valence-electron chi connectivity index (χ2n) is 3.67. The Morgan fingerprint density at radius 1 is 1.73 bits per heavy atom. The van der Waals surface area contributed by atoms with Crippen LogP contribution in [0.2, 0.25) is 0 Å². The zero-order chi connectivity index (χ0) is 10.7. The fraction of sp³-hybridized carbons (Fsp3) is 0.600. The summed E-state index contributed by atoms with van der Waals surface area (Å²) in [6, 6.07) is 1.62. The number of carbonyl (C=O) groups is 1. The first kappa shape index (κ1) is 10.2. The fourth-order valence-electron chi connectivity index (χ4n) is 1.58. The molecule has 1 aliphatic heterocycles. The minimum absolute atomic E-state index is 0.155. The molecule has 0 bridgehead atoms. The highest BCUT2D eigenvalue weighted by atomic mass is 16.5. The van der Waals surface area contributed by atoms with E-state index < -0.39 is 0 Å². The van der Waals surface area contributed by atoms with Crippen LogP contribution in [0, 0.1) is 6.92 Å². The molecule has 1 fully saturated rings. The van der Waals surface area contributed by atoms with Crippen LogP contribution in [0.3, 0.4) is 0 Å². The van der Waals surface area contributed by atoms with E-state index >= 15 is 0 Å². The van der Waals surface area contributed by atoms with Gasteiger partial charge in [-0.05, 0) is 19.8 Å². The van der Waals surface area contributed by atoms with Crippen LogP contribution in [-0.2, 0) is 4.74 Å². The Kier molecular flexibility index (Phi) is 3.01. The Morgan fingerprint density at radius 3 is 3.20 bits per heavy atom. The lowest BCUT2D eigenvalue weighted by molar-refractivity contribution is 0.0850. The molecular formula is C10H14N2O3. The zero-order valence-electron chi connectivity index (χ0n) is 8.66. The molecule has 2 heterocycles. The summed E-state index contributed by atoms with van der Waals surface area (Å²) in [5.41, 5.74) is 0.325. The Bertz CT molecular complexity index is 342. The van der Waals surface area contributed by atoms with Gasteiger partial charge in [0.05, 0.1) is 6.10 Å². The number of aryl methyl sites for hydroxylation is 1. The molecule has 1 aromatic rings. The van der Waals surface area contributed by atoms with Gasteiger partial charge < -0.3 is 14.6 Å². The number of rotatable bonds is 3. The average Bonchev–Trinajstić information content (AvgIpc) is 2.84. The van der Waals surface area contributed by atoms with E-state index in [-0.39, 0.29) is 12.0 Å². The van der Waals surface area contributed by atoms with Gasteiger partial charge in [-0.1, -0.05) is 5.16 Å². The van der Waals surface area contributed by atoms with Crippen molar-refractivity contribution in [3.63, 3.8) is 0 Å².